The van der Waals surface area contributed by atoms with Crippen molar-refractivity contribution in [1.29, 1.82) is 0 Å². The van der Waals surface area contributed by atoms with Crippen molar-refractivity contribution in [2.24, 2.45) is 7.05 Å². The molecule has 2 nitrogen and oxygen atoms in total. The van der Waals surface area contributed by atoms with Crippen LogP contribution in [0.3, 0.4) is 0 Å². The van der Waals surface area contributed by atoms with Gasteiger partial charge >= 0.3 is 6.18 Å². The van der Waals surface area contributed by atoms with E-state index < -0.39 is 17.7 Å². The van der Waals surface area contributed by atoms with Crippen LogP contribution in [0.25, 0.3) is 10.9 Å². The first-order valence-electron chi connectivity index (χ1n) is 5.35. The third-order valence-electron chi connectivity index (χ3n) is 2.89. The molecule has 1 heterocycles. The third-order valence-corrected chi connectivity index (χ3v) is 2.89. The Morgan fingerprint density at radius 3 is 2.50 bits per heavy atom. The maximum atomic E-state index is 13.1. The second-order valence-electron chi connectivity index (χ2n) is 4.08. The number of alkyl halides is 3. The summed E-state index contributed by atoms with van der Waals surface area (Å²) in [4.78, 5) is 0. The smallest absolute Gasteiger partial charge is 0.340 e. The monoisotopic (exact) mass is 260 g/mol. The zero-order chi connectivity index (χ0) is 13.5. The van der Waals surface area contributed by atoms with E-state index in [2.05, 4.69) is 5.32 Å². The lowest BCUT2D eigenvalue weighted by Crippen LogP contribution is -2.16. The quantitative estimate of drug-likeness (QED) is 0.821. The first-order valence-corrected chi connectivity index (χ1v) is 5.35. The Bertz CT molecular complexity index is 584. The molecule has 2 aromatic rings. The molecular formula is C12H12F4N2. The molecule has 0 aliphatic carbocycles. The number of halogens is 4. The first kappa shape index (κ1) is 12.9. The molecule has 0 saturated heterocycles. The maximum Gasteiger partial charge on any atom is 0.431 e. The Morgan fingerprint density at radius 2 is 1.94 bits per heavy atom. The second kappa shape index (κ2) is 4.28. The van der Waals surface area contributed by atoms with Crippen LogP contribution in [-0.2, 0) is 19.8 Å². The molecule has 1 aromatic heterocycles. The number of hydrogen-bond donors (Lipinski definition) is 1. The summed E-state index contributed by atoms with van der Waals surface area (Å²) in [5.41, 5.74) is -0.354. The second-order valence-corrected chi connectivity index (χ2v) is 4.08. The Labute approximate surface area is 101 Å². The van der Waals surface area contributed by atoms with Gasteiger partial charge in [-0.3, -0.25) is 0 Å². The lowest BCUT2D eigenvalue weighted by Gasteiger charge is -2.11. The minimum atomic E-state index is -4.46. The molecule has 0 unspecified atom stereocenters. The molecule has 18 heavy (non-hydrogen) atoms. The van der Waals surface area contributed by atoms with Crippen LogP contribution in [-0.4, -0.2) is 11.6 Å². The lowest BCUT2D eigenvalue weighted by molar-refractivity contribution is -0.143. The van der Waals surface area contributed by atoms with E-state index in [9.17, 15) is 17.6 Å². The Kier molecular flexibility index (Phi) is 3.06. The highest BCUT2D eigenvalue weighted by Gasteiger charge is 2.38. The molecule has 0 spiro atoms. The van der Waals surface area contributed by atoms with Crippen molar-refractivity contribution in [3.05, 3.63) is 35.3 Å². The van der Waals surface area contributed by atoms with E-state index in [1.54, 1.807) is 7.05 Å². The average molecular weight is 260 g/mol. The lowest BCUT2D eigenvalue weighted by atomic mass is 10.1. The van der Waals surface area contributed by atoms with Crippen molar-refractivity contribution in [1.82, 2.24) is 9.88 Å². The molecule has 1 aromatic carbocycles. The molecule has 0 amide bonds. The Hall–Kier alpha value is -1.56. The predicted octanol–water partition coefficient (Wildman–Crippen LogP) is 3.06. The van der Waals surface area contributed by atoms with Crippen LogP contribution in [0, 0.1) is 5.82 Å². The van der Waals surface area contributed by atoms with Gasteiger partial charge in [0.25, 0.3) is 0 Å². The van der Waals surface area contributed by atoms with Crippen molar-refractivity contribution in [2.75, 3.05) is 7.05 Å². The topological polar surface area (TPSA) is 17.0 Å². The van der Waals surface area contributed by atoms with Gasteiger partial charge in [-0.25, -0.2) is 4.39 Å². The summed E-state index contributed by atoms with van der Waals surface area (Å²) in [5, 5.41) is 3.13. The zero-order valence-electron chi connectivity index (χ0n) is 9.90. The van der Waals surface area contributed by atoms with E-state index >= 15 is 0 Å². The molecule has 1 N–H and O–H groups in total. The van der Waals surface area contributed by atoms with Gasteiger partial charge in [-0.2, -0.15) is 13.2 Å². The molecule has 98 valence electrons. The van der Waals surface area contributed by atoms with E-state index in [0.717, 1.165) is 10.6 Å². The summed E-state index contributed by atoms with van der Waals surface area (Å²) < 4.78 is 53.2. The standard InChI is InChI=1S/C12H12F4N2/c1-17-6-9-8-4-3-7(13)5-10(8)18(2)11(9)12(14,15)16/h3-5,17H,6H2,1-2H3. The van der Waals surface area contributed by atoms with Gasteiger partial charge in [-0.05, 0) is 25.2 Å². The van der Waals surface area contributed by atoms with E-state index in [0.29, 0.717) is 5.39 Å². The van der Waals surface area contributed by atoms with Crippen LogP contribution >= 0.6 is 0 Å². The summed E-state index contributed by atoms with van der Waals surface area (Å²) in [6.07, 6.45) is -4.46. The largest absolute Gasteiger partial charge is 0.431 e. The molecular weight excluding hydrogens is 248 g/mol. The number of aromatic nitrogens is 1. The van der Waals surface area contributed by atoms with Crippen LogP contribution in [0.5, 0.6) is 0 Å². The summed E-state index contributed by atoms with van der Waals surface area (Å²) in [6, 6.07) is 3.66. The first-order chi connectivity index (χ1) is 8.36. The number of hydrogen-bond acceptors (Lipinski definition) is 1. The van der Waals surface area contributed by atoms with Gasteiger partial charge in [0.05, 0.1) is 5.52 Å². The molecule has 0 bridgehead atoms. The Balaban J connectivity index is 2.83. The number of nitrogens with zero attached hydrogens (tertiary/aromatic N) is 1. The van der Waals surface area contributed by atoms with Crippen LogP contribution < -0.4 is 5.32 Å². The van der Waals surface area contributed by atoms with Gasteiger partial charge < -0.3 is 9.88 Å². The van der Waals surface area contributed by atoms with Gasteiger partial charge in [0.15, 0.2) is 0 Å². The molecule has 0 fully saturated rings. The van der Waals surface area contributed by atoms with Gasteiger partial charge in [0.1, 0.15) is 11.5 Å². The fourth-order valence-electron chi connectivity index (χ4n) is 2.20. The number of rotatable bonds is 2. The molecule has 0 radical (unpaired) electrons. The van der Waals surface area contributed by atoms with Gasteiger partial charge in [-0.15, -0.1) is 0 Å². The normalized spacial score (nSPS) is 12.3. The van der Waals surface area contributed by atoms with Crippen LogP contribution in [0.2, 0.25) is 0 Å². The highest BCUT2D eigenvalue weighted by atomic mass is 19.4. The number of benzene rings is 1. The number of fused-ring (bicyclic) bond motifs is 1. The van der Waals surface area contributed by atoms with Crippen molar-refractivity contribution < 1.29 is 17.6 Å². The van der Waals surface area contributed by atoms with Crippen LogP contribution in [0.4, 0.5) is 17.6 Å². The van der Waals surface area contributed by atoms with Gasteiger partial charge in [-0.1, -0.05) is 0 Å². The van der Waals surface area contributed by atoms with E-state index in [1.165, 1.54) is 19.2 Å². The van der Waals surface area contributed by atoms with E-state index in [4.69, 9.17) is 0 Å². The number of nitrogens with one attached hydrogen (secondary N) is 1. The fourth-order valence-corrected chi connectivity index (χ4v) is 2.20. The zero-order valence-corrected chi connectivity index (χ0v) is 9.90. The van der Waals surface area contributed by atoms with E-state index in [-0.39, 0.29) is 17.6 Å². The molecule has 0 atom stereocenters. The Morgan fingerprint density at radius 1 is 1.28 bits per heavy atom. The highest BCUT2D eigenvalue weighted by Crippen LogP contribution is 2.37. The summed E-state index contributed by atoms with van der Waals surface area (Å²) >= 11 is 0. The molecule has 0 saturated carbocycles. The molecule has 0 aliphatic heterocycles. The molecule has 6 heteroatoms. The predicted molar refractivity (Wildman–Crippen MR) is 60.6 cm³/mol. The average Bonchev–Trinajstić information content (AvgIpc) is 2.52. The minimum absolute atomic E-state index is 0.0812. The van der Waals surface area contributed by atoms with Crippen molar-refractivity contribution in [3.8, 4) is 0 Å². The van der Waals surface area contributed by atoms with Gasteiger partial charge in [0.2, 0.25) is 0 Å². The summed E-state index contributed by atoms with van der Waals surface area (Å²) in [5.74, 6) is -0.548. The summed E-state index contributed by atoms with van der Waals surface area (Å²) in [6.45, 7) is 0.0812. The highest BCUT2D eigenvalue weighted by molar-refractivity contribution is 5.85. The molecule has 0 aliphatic rings. The van der Waals surface area contributed by atoms with Crippen molar-refractivity contribution in [3.63, 3.8) is 0 Å². The minimum Gasteiger partial charge on any atom is -0.340 e. The fraction of sp³-hybridized carbons (Fsp3) is 0.333. The maximum absolute atomic E-state index is 13.1. The van der Waals surface area contributed by atoms with Crippen molar-refractivity contribution in [2.45, 2.75) is 12.7 Å². The van der Waals surface area contributed by atoms with E-state index in [1.807, 2.05) is 0 Å². The van der Waals surface area contributed by atoms with Crippen LogP contribution in [0.1, 0.15) is 11.3 Å². The molecule has 2 rings (SSSR count). The van der Waals surface area contributed by atoms with Crippen molar-refractivity contribution >= 4 is 10.9 Å². The summed E-state index contributed by atoms with van der Waals surface area (Å²) in [7, 11) is 2.87. The van der Waals surface area contributed by atoms with Gasteiger partial charge in [0, 0.05) is 24.5 Å². The van der Waals surface area contributed by atoms with Crippen LogP contribution in [0.15, 0.2) is 18.2 Å². The number of aryl methyl sites for hydroxylation is 1. The SMILES string of the molecule is CNCc1c(C(F)(F)F)n(C)c2cc(F)ccc12. The third kappa shape index (κ3) is 1.96.